The fourth-order valence-electron chi connectivity index (χ4n) is 2.77. The van der Waals surface area contributed by atoms with Crippen molar-refractivity contribution in [2.75, 3.05) is 0 Å². The zero-order valence-corrected chi connectivity index (χ0v) is 15.0. The van der Waals surface area contributed by atoms with Crippen molar-refractivity contribution in [2.24, 2.45) is 0 Å². The van der Waals surface area contributed by atoms with Gasteiger partial charge in [0.25, 0.3) is 0 Å². The van der Waals surface area contributed by atoms with Crippen LogP contribution in [0.5, 0.6) is 0 Å². The molecular formula is C18H39NO3. The normalized spacial score (nSPS) is 16.0. The summed E-state index contributed by atoms with van der Waals surface area (Å²) < 4.78 is 0. The predicted octanol–water partition coefficient (Wildman–Crippen LogP) is 3.98. The molecule has 4 nitrogen and oxygen atoms in total. The number of aliphatic hydroxyl groups is 3. The Hall–Kier alpha value is -0.160. The van der Waals surface area contributed by atoms with E-state index in [0.29, 0.717) is 19.3 Å². The summed E-state index contributed by atoms with van der Waals surface area (Å²) >= 11 is 0. The highest BCUT2D eigenvalue weighted by Crippen LogP contribution is 2.20. The molecule has 0 aromatic rings. The van der Waals surface area contributed by atoms with Crippen LogP contribution in [0.15, 0.2) is 0 Å². The van der Waals surface area contributed by atoms with E-state index in [2.05, 4.69) is 20.8 Å². The van der Waals surface area contributed by atoms with Crippen molar-refractivity contribution in [1.29, 1.82) is 0 Å². The van der Waals surface area contributed by atoms with Crippen molar-refractivity contribution in [3.05, 3.63) is 0 Å². The molecule has 0 aliphatic carbocycles. The topological polar surface area (TPSA) is 63.9 Å². The second kappa shape index (κ2) is 14.4. The molecule has 0 bridgehead atoms. The lowest BCUT2D eigenvalue weighted by Gasteiger charge is -2.36. The second-order valence-corrected chi connectivity index (χ2v) is 6.38. The van der Waals surface area contributed by atoms with Gasteiger partial charge in [-0.25, -0.2) is 4.90 Å². The van der Waals surface area contributed by atoms with E-state index >= 15 is 0 Å². The zero-order chi connectivity index (χ0) is 16.8. The molecule has 0 aromatic heterocycles. The first-order chi connectivity index (χ1) is 10.6. The van der Waals surface area contributed by atoms with Gasteiger partial charge in [0, 0.05) is 0 Å². The molecular weight excluding hydrogens is 278 g/mol. The monoisotopic (exact) mass is 317 g/mol. The minimum Gasteiger partial charge on any atom is -0.378 e. The third-order valence-corrected chi connectivity index (χ3v) is 4.23. The Bertz CT molecular complexity index is 200. The quantitative estimate of drug-likeness (QED) is 0.316. The number of unbranched alkanes of at least 4 members (excludes halogenated alkanes) is 6. The van der Waals surface area contributed by atoms with Crippen molar-refractivity contribution in [1.82, 2.24) is 4.90 Å². The molecule has 0 saturated heterocycles. The van der Waals surface area contributed by atoms with Crippen LogP contribution >= 0.6 is 0 Å². The zero-order valence-electron chi connectivity index (χ0n) is 15.0. The molecule has 0 aromatic carbocycles. The van der Waals surface area contributed by atoms with Gasteiger partial charge in [-0.2, -0.15) is 0 Å². The third-order valence-electron chi connectivity index (χ3n) is 4.23. The summed E-state index contributed by atoms with van der Waals surface area (Å²) in [5, 5.41) is 31.2. The Balaban J connectivity index is 4.50. The molecule has 0 spiro atoms. The Morgan fingerprint density at radius 3 is 1.05 bits per heavy atom. The molecule has 134 valence electrons. The lowest BCUT2D eigenvalue weighted by Crippen LogP contribution is -2.49. The van der Waals surface area contributed by atoms with E-state index in [9.17, 15) is 15.3 Å². The van der Waals surface area contributed by atoms with Crippen LogP contribution < -0.4 is 0 Å². The summed E-state index contributed by atoms with van der Waals surface area (Å²) in [5.74, 6) is 0. The smallest absolute Gasteiger partial charge is 0.111 e. The van der Waals surface area contributed by atoms with Crippen LogP contribution in [0.25, 0.3) is 0 Å². The van der Waals surface area contributed by atoms with E-state index in [1.165, 1.54) is 4.90 Å². The lowest BCUT2D eigenvalue weighted by atomic mass is 10.1. The van der Waals surface area contributed by atoms with Crippen LogP contribution in [-0.4, -0.2) is 38.9 Å². The standard InChI is InChI=1S/C18H39NO3/c1-4-7-10-13-16(20)19(17(21)14-11-8-5-2)18(22)15-12-9-6-3/h16-18,20-22H,4-15H2,1-3H3. The molecule has 3 N–H and O–H groups in total. The van der Waals surface area contributed by atoms with Gasteiger partial charge in [0.1, 0.15) is 18.7 Å². The molecule has 4 heteroatoms. The first kappa shape index (κ1) is 21.8. The molecule has 0 radical (unpaired) electrons. The highest BCUT2D eigenvalue weighted by atomic mass is 16.4. The van der Waals surface area contributed by atoms with Crippen LogP contribution in [0.1, 0.15) is 97.8 Å². The van der Waals surface area contributed by atoms with Gasteiger partial charge < -0.3 is 15.3 Å². The molecule has 3 unspecified atom stereocenters. The fourth-order valence-corrected chi connectivity index (χ4v) is 2.77. The highest BCUT2D eigenvalue weighted by Gasteiger charge is 2.28. The molecule has 0 saturated carbocycles. The van der Waals surface area contributed by atoms with Crippen LogP contribution in [0.4, 0.5) is 0 Å². The van der Waals surface area contributed by atoms with E-state index in [1.54, 1.807) is 0 Å². The third kappa shape index (κ3) is 9.78. The number of nitrogens with zero attached hydrogens (tertiary/aromatic N) is 1. The molecule has 0 amide bonds. The fraction of sp³-hybridized carbons (Fsp3) is 1.00. The predicted molar refractivity (Wildman–Crippen MR) is 92.3 cm³/mol. The van der Waals surface area contributed by atoms with Crippen LogP contribution in [0, 0.1) is 0 Å². The maximum absolute atomic E-state index is 10.4. The summed E-state index contributed by atoms with van der Waals surface area (Å²) in [4.78, 5) is 1.53. The maximum Gasteiger partial charge on any atom is 0.111 e. The Morgan fingerprint density at radius 1 is 0.545 bits per heavy atom. The average molecular weight is 318 g/mol. The van der Waals surface area contributed by atoms with Crippen LogP contribution in [0.2, 0.25) is 0 Å². The van der Waals surface area contributed by atoms with Gasteiger partial charge >= 0.3 is 0 Å². The van der Waals surface area contributed by atoms with Gasteiger partial charge in [0.2, 0.25) is 0 Å². The van der Waals surface area contributed by atoms with Crippen molar-refractivity contribution < 1.29 is 15.3 Å². The van der Waals surface area contributed by atoms with Gasteiger partial charge in [-0.05, 0) is 38.5 Å². The van der Waals surface area contributed by atoms with Crippen molar-refractivity contribution in [3.8, 4) is 0 Å². The summed E-state index contributed by atoms with van der Waals surface area (Å²) in [6, 6.07) is 0. The van der Waals surface area contributed by atoms with Crippen LogP contribution in [0.3, 0.4) is 0 Å². The van der Waals surface area contributed by atoms with Gasteiger partial charge in [-0.15, -0.1) is 0 Å². The lowest BCUT2D eigenvalue weighted by molar-refractivity contribution is -0.184. The SMILES string of the molecule is CCCCCC(O)N(C(O)CCCCC)C(O)CCCCC. The molecule has 0 rings (SSSR count). The first-order valence-electron chi connectivity index (χ1n) is 9.40. The van der Waals surface area contributed by atoms with E-state index in [0.717, 1.165) is 57.8 Å². The summed E-state index contributed by atoms with van der Waals surface area (Å²) in [7, 11) is 0. The van der Waals surface area contributed by atoms with E-state index in [-0.39, 0.29) is 0 Å². The number of aliphatic hydroxyl groups excluding tert-OH is 3. The van der Waals surface area contributed by atoms with Crippen molar-refractivity contribution in [3.63, 3.8) is 0 Å². The molecule has 0 aliphatic rings. The largest absolute Gasteiger partial charge is 0.378 e. The first-order valence-corrected chi connectivity index (χ1v) is 9.40. The minimum absolute atomic E-state index is 0.615. The summed E-state index contributed by atoms with van der Waals surface area (Å²) in [6.45, 7) is 6.38. The number of hydrogen-bond acceptors (Lipinski definition) is 4. The number of rotatable bonds is 15. The van der Waals surface area contributed by atoms with Crippen LogP contribution in [-0.2, 0) is 0 Å². The maximum atomic E-state index is 10.4. The molecule has 0 heterocycles. The van der Waals surface area contributed by atoms with Gasteiger partial charge in [0.15, 0.2) is 0 Å². The van der Waals surface area contributed by atoms with Crippen molar-refractivity contribution >= 4 is 0 Å². The van der Waals surface area contributed by atoms with E-state index < -0.39 is 18.7 Å². The highest BCUT2D eigenvalue weighted by molar-refractivity contribution is 4.70. The van der Waals surface area contributed by atoms with E-state index in [4.69, 9.17) is 0 Å². The number of hydrogen-bond donors (Lipinski definition) is 3. The molecule has 3 atom stereocenters. The molecule has 22 heavy (non-hydrogen) atoms. The van der Waals surface area contributed by atoms with E-state index in [1.807, 2.05) is 0 Å². The molecule has 0 fully saturated rings. The minimum atomic E-state index is -0.750. The van der Waals surface area contributed by atoms with Gasteiger partial charge in [0.05, 0.1) is 0 Å². The Labute approximate surface area is 137 Å². The van der Waals surface area contributed by atoms with Crippen molar-refractivity contribution in [2.45, 2.75) is 117 Å². The molecule has 0 aliphatic heterocycles. The average Bonchev–Trinajstić information content (AvgIpc) is 2.48. The Morgan fingerprint density at radius 2 is 0.818 bits per heavy atom. The second-order valence-electron chi connectivity index (χ2n) is 6.38. The Kier molecular flexibility index (Phi) is 14.3. The summed E-state index contributed by atoms with van der Waals surface area (Å²) in [5.41, 5.74) is 0. The van der Waals surface area contributed by atoms with Gasteiger partial charge in [-0.1, -0.05) is 59.3 Å². The summed E-state index contributed by atoms with van der Waals surface area (Å²) in [6.07, 6.45) is 8.90. The van der Waals surface area contributed by atoms with Gasteiger partial charge in [-0.3, -0.25) is 0 Å².